The van der Waals surface area contributed by atoms with Crippen molar-refractivity contribution in [3.63, 3.8) is 0 Å². The maximum atomic E-state index is 5.62. The number of anilines is 2. The van der Waals surface area contributed by atoms with Crippen LogP contribution in [0.1, 0.15) is 0 Å². The molecule has 0 saturated heterocycles. The van der Waals surface area contributed by atoms with E-state index >= 15 is 0 Å². The lowest BCUT2D eigenvalue weighted by Gasteiger charge is -2.16. The highest BCUT2D eigenvalue weighted by molar-refractivity contribution is 7.80. The van der Waals surface area contributed by atoms with Gasteiger partial charge < -0.3 is 20.2 Å². The number of nitrogens with zero attached hydrogens (tertiary/aromatic N) is 1. The number of hydrogen-bond donors (Lipinski definition) is 3. The number of fused-ring (bicyclic) bond motifs is 3. The normalized spacial score (nSPS) is 11.0. The quantitative estimate of drug-likeness (QED) is 0.339. The monoisotopic (exact) mass is 382 g/mol. The lowest BCUT2D eigenvalue weighted by molar-refractivity contribution is 1.09. The zero-order valence-corrected chi connectivity index (χ0v) is 15.8. The average molecular weight is 382 g/mol. The van der Waals surface area contributed by atoms with Crippen molar-refractivity contribution in [3.8, 4) is 5.69 Å². The summed E-state index contributed by atoms with van der Waals surface area (Å²) < 4.78 is 2.09. The molecule has 0 aliphatic heterocycles. The molecule has 4 nitrogen and oxygen atoms in total. The van der Waals surface area contributed by atoms with Crippen molar-refractivity contribution in [2.24, 2.45) is 0 Å². The van der Waals surface area contributed by atoms with Crippen LogP contribution in [0.3, 0.4) is 0 Å². The molecule has 0 bridgehead atoms. The Hall–Kier alpha value is -3.57. The molecule has 0 aliphatic carbocycles. The van der Waals surface area contributed by atoms with Gasteiger partial charge in [-0.1, -0.05) is 36.4 Å². The first-order chi connectivity index (χ1) is 13.8. The standard InChI is InChI=1S/C23H18N4S/c28-23(24-16-8-2-1-3-9-16)26-22-20(27-14-6-7-15-27)13-12-19-21(22)17-10-4-5-11-18(17)25-19/h1-15,25H,(H2,24,26,28). The molecule has 136 valence electrons. The van der Waals surface area contributed by atoms with E-state index in [9.17, 15) is 0 Å². The Morgan fingerprint density at radius 2 is 1.50 bits per heavy atom. The van der Waals surface area contributed by atoms with Crippen molar-refractivity contribution in [1.29, 1.82) is 0 Å². The Kier molecular flexibility index (Phi) is 4.07. The minimum Gasteiger partial charge on any atom is -0.354 e. The van der Waals surface area contributed by atoms with Gasteiger partial charge >= 0.3 is 0 Å². The number of benzene rings is 3. The van der Waals surface area contributed by atoms with Crippen molar-refractivity contribution in [1.82, 2.24) is 9.55 Å². The van der Waals surface area contributed by atoms with Crippen LogP contribution in [-0.4, -0.2) is 14.7 Å². The van der Waals surface area contributed by atoms with E-state index in [-0.39, 0.29) is 0 Å². The van der Waals surface area contributed by atoms with Crippen LogP contribution in [-0.2, 0) is 0 Å². The molecule has 0 aliphatic rings. The second kappa shape index (κ2) is 6.87. The maximum absolute atomic E-state index is 5.62. The number of hydrogen-bond acceptors (Lipinski definition) is 1. The molecule has 0 amide bonds. The number of rotatable bonds is 3. The summed E-state index contributed by atoms with van der Waals surface area (Å²) in [5, 5.41) is 9.56. The van der Waals surface area contributed by atoms with Crippen molar-refractivity contribution >= 4 is 50.5 Å². The van der Waals surface area contributed by atoms with E-state index in [4.69, 9.17) is 12.2 Å². The Balaban J connectivity index is 1.66. The summed E-state index contributed by atoms with van der Waals surface area (Å²) in [5.74, 6) is 0. The van der Waals surface area contributed by atoms with Gasteiger partial charge in [0.2, 0.25) is 0 Å². The molecule has 0 fully saturated rings. The predicted octanol–water partition coefficient (Wildman–Crippen LogP) is 5.92. The first-order valence-corrected chi connectivity index (χ1v) is 9.50. The predicted molar refractivity (Wildman–Crippen MR) is 121 cm³/mol. The lowest BCUT2D eigenvalue weighted by Crippen LogP contribution is -2.20. The third-order valence-corrected chi connectivity index (χ3v) is 5.01. The molecule has 0 spiro atoms. The van der Waals surface area contributed by atoms with Crippen LogP contribution in [0, 0.1) is 0 Å². The molecular formula is C23H18N4S. The Bertz CT molecular complexity index is 1270. The smallest absolute Gasteiger partial charge is 0.175 e. The molecule has 3 aromatic carbocycles. The van der Waals surface area contributed by atoms with Gasteiger partial charge in [0.25, 0.3) is 0 Å². The molecule has 0 unspecified atom stereocenters. The summed E-state index contributed by atoms with van der Waals surface area (Å²) >= 11 is 5.62. The summed E-state index contributed by atoms with van der Waals surface area (Å²) in [4.78, 5) is 3.50. The highest BCUT2D eigenvalue weighted by Gasteiger charge is 2.15. The summed E-state index contributed by atoms with van der Waals surface area (Å²) in [6.07, 6.45) is 4.07. The van der Waals surface area contributed by atoms with Gasteiger partial charge in [-0.2, -0.15) is 0 Å². The molecule has 5 heteroatoms. The zero-order chi connectivity index (χ0) is 18.9. The number of thiocarbonyl (C=S) groups is 1. The Morgan fingerprint density at radius 3 is 2.32 bits per heavy atom. The van der Waals surface area contributed by atoms with E-state index in [2.05, 4.69) is 50.5 Å². The van der Waals surface area contributed by atoms with E-state index in [1.165, 1.54) is 0 Å². The molecule has 0 saturated carbocycles. The van der Waals surface area contributed by atoms with Crippen LogP contribution >= 0.6 is 12.2 Å². The second-order valence-corrected chi connectivity index (χ2v) is 7.00. The average Bonchev–Trinajstić information content (AvgIpc) is 3.36. The SMILES string of the molecule is S=C(Nc1ccccc1)Nc1c(-n2cccc2)ccc2[nH]c3ccccc3c12. The zero-order valence-electron chi connectivity index (χ0n) is 15.0. The second-order valence-electron chi connectivity index (χ2n) is 6.59. The summed E-state index contributed by atoms with van der Waals surface area (Å²) in [7, 11) is 0. The first kappa shape index (κ1) is 16.6. The van der Waals surface area contributed by atoms with Crippen molar-refractivity contribution in [2.75, 3.05) is 10.6 Å². The summed E-state index contributed by atoms with van der Waals surface area (Å²) in [5.41, 5.74) is 5.14. The summed E-state index contributed by atoms with van der Waals surface area (Å²) in [6, 6.07) is 26.5. The molecule has 0 atom stereocenters. The van der Waals surface area contributed by atoms with Gasteiger partial charge in [-0.25, -0.2) is 0 Å². The van der Waals surface area contributed by atoms with Crippen LogP contribution in [0.5, 0.6) is 0 Å². The molecule has 0 radical (unpaired) electrons. The number of H-pyrrole nitrogens is 1. The molecular weight excluding hydrogens is 364 g/mol. The van der Waals surface area contributed by atoms with Gasteiger partial charge in [0, 0.05) is 39.9 Å². The van der Waals surface area contributed by atoms with Gasteiger partial charge in [0.15, 0.2) is 5.11 Å². The first-order valence-electron chi connectivity index (χ1n) is 9.09. The van der Waals surface area contributed by atoms with Gasteiger partial charge in [0.05, 0.1) is 11.4 Å². The number of para-hydroxylation sites is 2. The fourth-order valence-electron chi connectivity index (χ4n) is 3.56. The minimum absolute atomic E-state index is 0.553. The topological polar surface area (TPSA) is 44.8 Å². The van der Waals surface area contributed by atoms with Crippen LogP contribution < -0.4 is 10.6 Å². The molecule has 5 rings (SSSR count). The maximum Gasteiger partial charge on any atom is 0.175 e. The molecule has 2 aromatic heterocycles. The Morgan fingerprint density at radius 1 is 0.750 bits per heavy atom. The Labute approximate surface area is 167 Å². The third-order valence-electron chi connectivity index (χ3n) is 4.80. The molecule has 28 heavy (non-hydrogen) atoms. The number of nitrogens with one attached hydrogen (secondary N) is 3. The van der Waals surface area contributed by atoms with E-state index in [0.29, 0.717) is 5.11 Å². The fourth-order valence-corrected chi connectivity index (χ4v) is 3.78. The van der Waals surface area contributed by atoms with Crippen LogP contribution in [0.2, 0.25) is 0 Å². The highest BCUT2D eigenvalue weighted by Crippen LogP contribution is 2.36. The van der Waals surface area contributed by atoms with Crippen LogP contribution in [0.25, 0.3) is 27.5 Å². The molecule has 2 heterocycles. The largest absolute Gasteiger partial charge is 0.354 e. The lowest BCUT2D eigenvalue weighted by atomic mass is 10.1. The van der Waals surface area contributed by atoms with Gasteiger partial charge in [-0.3, -0.25) is 0 Å². The van der Waals surface area contributed by atoms with Gasteiger partial charge in [-0.05, 0) is 54.7 Å². The van der Waals surface area contributed by atoms with Crippen LogP contribution in [0.4, 0.5) is 11.4 Å². The van der Waals surface area contributed by atoms with Gasteiger partial charge in [-0.15, -0.1) is 0 Å². The van der Waals surface area contributed by atoms with Gasteiger partial charge in [0.1, 0.15) is 0 Å². The van der Waals surface area contributed by atoms with E-state index < -0.39 is 0 Å². The molecule has 3 N–H and O–H groups in total. The van der Waals surface area contributed by atoms with Crippen molar-refractivity contribution in [2.45, 2.75) is 0 Å². The van der Waals surface area contributed by atoms with E-state index in [1.807, 2.05) is 60.9 Å². The molecule has 5 aromatic rings. The third kappa shape index (κ3) is 2.92. The van der Waals surface area contributed by atoms with Crippen LogP contribution in [0.15, 0.2) is 91.3 Å². The minimum atomic E-state index is 0.553. The number of aromatic nitrogens is 2. The van der Waals surface area contributed by atoms with E-state index in [0.717, 1.165) is 38.9 Å². The van der Waals surface area contributed by atoms with Crippen molar-refractivity contribution < 1.29 is 0 Å². The highest BCUT2D eigenvalue weighted by atomic mass is 32.1. The fraction of sp³-hybridized carbons (Fsp3) is 0. The van der Waals surface area contributed by atoms with Crippen molar-refractivity contribution in [3.05, 3.63) is 91.3 Å². The van der Waals surface area contributed by atoms with E-state index in [1.54, 1.807) is 0 Å². The number of aromatic amines is 1. The summed E-state index contributed by atoms with van der Waals surface area (Å²) in [6.45, 7) is 0.